The van der Waals surface area contributed by atoms with Crippen molar-refractivity contribution in [2.45, 2.75) is 74.8 Å². The van der Waals surface area contributed by atoms with Crippen LogP contribution in [0.15, 0.2) is 72.9 Å². The number of nitrogen functional groups attached to an aromatic ring is 3. The second-order valence-electron chi connectivity index (χ2n) is 12.2. The molecule has 2 heterocycles. The van der Waals surface area contributed by atoms with Crippen LogP contribution in [0, 0.1) is 0 Å². The lowest BCUT2D eigenvalue weighted by Gasteiger charge is -2.54. The van der Waals surface area contributed by atoms with E-state index in [4.69, 9.17) is 22.4 Å². The van der Waals surface area contributed by atoms with Crippen molar-refractivity contribution < 1.29 is 5.11 Å². The maximum Gasteiger partial charge on any atom is 0.165 e. The fraction of sp³-hybridized carbons (Fsp3) is 0.394. The molecule has 2 aromatic heterocycles. The average molecular weight is 567 g/mol. The lowest BCUT2D eigenvalue weighted by Crippen LogP contribution is -2.56. The monoisotopic (exact) mass is 566 g/mol. The first kappa shape index (κ1) is 28.1. The maximum atomic E-state index is 9.81. The molecule has 3 fully saturated rings. The van der Waals surface area contributed by atoms with E-state index >= 15 is 0 Å². The number of anilines is 3. The van der Waals surface area contributed by atoms with Crippen LogP contribution in [0.3, 0.4) is 0 Å². The molecule has 3 aliphatic rings. The van der Waals surface area contributed by atoms with Crippen LogP contribution in [0.1, 0.15) is 73.2 Å². The van der Waals surface area contributed by atoms with Gasteiger partial charge in [0, 0.05) is 24.2 Å². The molecule has 1 unspecified atom stereocenters. The number of aromatic nitrogens is 3. The lowest BCUT2D eigenvalue weighted by molar-refractivity contribution is 0.0770. The average Bonchev–Trinajstić information content (AvgIpc) is 3.49. The zero-order valence-corrected chi connectivity index (χ0v) is 24.1. The van der Waals surface area contributed by atoms with E-state index in [2.05, 4.69) is 52.1 Å². The van der Waals surface area contributed by atoms with Crippen molar-refractivity contribution >= 4 is 17.3 Å². The predicted octanol–water partition coefficient (Wildman–Crippen LogP) is 4.83. The number of nitrogens with one attached hydrogen (secondary N) is 2. The van der Waals surface area contributed by atoms with E-state index in [1.807, 2.05) is 29.1 Å². The molecule has 1 atom stereocenters. The molecule has 0 saturated heterocycles. The number of benzene rings is 2. The third-order valence-corrected chi connectivity index (χ3v) is 9.75. The van der Waals surface area contributed by atoms with Crippen LogP contribution in [0.25, 0.3) is 0 Å². The SMILES string of the molecule is NNc1nc(N)cc(C(CCNC23CCC(c4ccccc4)(CC2)CC3)c2ccn(CCc3cccc(O)c3)n2)c1N. The second kappa shape index (κ2) is 11.7. The number of hydrogen-bond donors (Lipinski definition) is 6. The summed E-state index contributed by atoms with van der Waals surface area (Å²) in [7, 11) is 0. The molecule has 9 heteroatoms. The van der Waals surface area contributed by atoms with Crippen molar-refractivity contribution in [2.75, 3.05) is 23.4 Å². The van der Waals surface area contributed by atoms with E-state index in [0.29, 0.717) is 29.3 Å². The number of phenols is 1. The Bertz CT molecular complexity index is 1490. The van der Waals surface area contributed by atoms with E-state index < -0.39 is 0 Å². The van der Waals surface area contributed by atoms with Gasteiger partial charge in [-0.05, 0) is 104 Å². The molecule has 0 radical (unpaired) electrons. The molecule has 9 N–H and O–H groups in total. The molecule has 220 valence electrons. The number of aromatic hydroxyl groups is 1. The first-order valence-corrected chi connectivity index (χ1v) is 15.0. The highest BCUT2D eigenvalue weighted by atomic mass is 16.3. The fourth-order valence-corrected chi connectivity index (χ4v) is 7.26. The van der Waals surface area contributed by atoms with Crippen molar-refractivity contribution in [2.24, 2.45) is 5.84 Å². The smallest absolute Gasteiger partial charge is 0.165 e. The number of nitrogens with zero attached hydrogens (tertiary/aromatic N) is 3. The normalized spacial score (nSPS) is 22.2. The summed E-state index contributed by atoms with van der Waals surface area (Å²) in [6, 6.07) is 22.4. The third-order valence-electron chi connectivity index (χ3n) is 9.75. The molecule has 4 aromatic rings. The number of rotatable bonds is 11. The van der Waals surface area contributed by atoms with Gasteiger partial charge in [-0.1, -0.05) is 42.5 Å². The molecule has 3 aliphatic carbocycles. The molecule has 42 heavy (non-hydrogen) atoms. The number of aryl methyl sites for hydroxylation is 2. The highest BCUT2D eigenvalue weighted by Crippen LogP contribution is 2.53. The van der Waals surface area contributed by atoms with Gasteiger partial charge in [0.05, 0.1) is 11.4 Å². The zero-order valence-electron chi connectivity index (χ0n) is 24.1. The largest absolute Gasteiger partial charge is 0.508 e. The van der Waals surface area contributed by atoms with Gasteiger partial charge in [-0.2, -0.15) is 5.10 Å². The number of fused-ring (bicyclic) bond motifs is 3. The van der Waals surface area contributed by atoms with Crippen molar-refractivity contribution in [1.29, 1.82) is 0 Å². The summed E-state index contributed by atoms with van der Waals surface area (Å²) in [5.74, 6) is 6.67. The van der Waals surface area contributed by atoms with Crippen molar-refractivity contribution in [1.82, 2.24) is 20.1 Å². The van der Waals surface area contributed by atoms with Gasteiger partial charge in [0.25, 0.3) is 0 Å². The Kier molecular flexibility index (Phi) is 7.79. The van der Waals surface area contributed by atoms with Gasteiger partial charge >= 0.3 is 0 Å². The summed E-state index contributed by atoms with van der Waals surface area (Å²) in [6.07, 6.45) is 10.9. The van der Waals surface area contributed by atoms with Crippen LogP contribution in [0.4, 0.5) is 17.3 Å². The Morgan fingerprint density at radius 1 is 0.929 bits per heavy atom. The molecule has 2 aromatic carbocycles. The fourth-order valence-electron chi connectivity index (χ4n) is 7.26. The van der Waals surface area contributed by atoms with Gasteiger partial charge in [0.1, 0.15) is 11.6 Å². The molecule has 2 bridgehead atoms. The standard InChI is InChI=1S/C33H42N8O/c34-29-22-27(30(35)31(38-29)39-36)26(28-11-20-41(40-28)19-10-23-5-4-8-25(42)21-23)9-18-37-33-15-12-32(13-16-33,14-17-33)24-6-2-1-3-7-24/h1-8,11,20-22,26,37,42H,9-10,12-19,35-36H2,(H3,34,38,39). The highest BCUT2D eigenvalue weighted by Gasteiger charge is 2.48. The summed E-state index contributed by atoms with van der Waals surface area (Å²) >= 11 is 0. The Hall–Kier alpha value is -4.08. The van der Waals surface area contributed by atoms with E-state index in [1.165, 1.54) is 44.1 Å². The second-order valence-corrected chi connectivity index (χ2v) is 12.2. The van der Waals surface area contributed by atoms with Crippen molar-refractivity contribution in [3.63, 3.8) is 0 Å². The summed E-state index contributed by atoms with van der Waals surface area (Å²) in [6.45, 7) is 1.54. The third kappa shape index (κ3) is 5.67. The highest BCUT2D eigenvalue weighted by molar-refractivity contribution is 5.69. The predicted molar refractivity (Wildman–Crippen MR) is 168 cm³/mol. The first-order valence-electron chi connectivity index (χ1n) is 15.0. The molecule has 0 aliphatic heterocycles. The van der Waals surface area contributed by atoms with Crippen LogP contribution in [-0.4, -0.2) is 32.0 Å². The number of hydrazine groups is 1. The lowest BCUT2D eigenvalue weighted by atomic mass is 9.55. The maximum absolute atomic E-state index is 9.81. The summed E-state index contributed by atoms with van der Waals surface area (Å²) < 4.78 is 1.95. The molecule has 3 saturated carbocycles. The Balaban J connectivity index is 1.17. The van der Waals surface area contributed by atoms with Gasteiger partial charge in [-0.25, -0.2) is 10.8 Å². The Morgan fingerprint density at radius 2 is 1.69 bits per heavy atom. The van der Waals surface area contributed by atoms with E-state index in [-0.39, 0.29) is 17.2 Å². The van der Waals surface area contributed by atoms with Crippen LogP contribution in [0.2, 0.25) is 0 Å². The molecular weight excluding hydrogens is 524 g/mol. The van der Waals surface area contributed by atoms with Crippen molar-refractivity contribution in [3.05, 3.63) is 95.3 Å². The van der Waals surface area contributed by atoms with E-state index in [9.17, 15) is 5.11 Å². The van der Waals surface area contributed by atoms with Gasteiger partial charge in [-0.3, -0.25) is 4.68 Å². The number of pyridine rings is 1. The van der Waals surface area contributed by atoms with Gasteiger partial charge in [0.2, 0.25) is 0 Å². The van der Waals surface area contributed by atoms with Crippen LogP contribution < -0.4 is 28.1 Å². The quantitative estimate of drug-likeness (QED) is 0.111. The molecule has 7 rings (SSSR count). The summed E-state index contributed by atoms with van der Waals surface area (Å²) in [5.41, 5.74) is 20.7. The minimum Gasteiger partial charge on any atom is -0.508 e. The Morgan fingerprint density at radius 3 is 2.40 bits per heavy atom. The number of nitrogens with two attached hydrogens (primary N) is 3. The first-order chi connectivity index (χ1) is 20.4. The van der Waals surface area contributed by atoms with Crippen LogP contribution in [0.5, 0.6) is 5.75 Å². The Labute approximate surface area is 247 Å². The molecular formula is C33H42N8O. The topological polar surface area (TPSA) is 153 Å². The summed E-state index contributed by atoms with van der Waals surface area (Å²) in [5, 5.41) is 18.8. The number of phenolic OH excluding ortho intramolecular Hbond substituents is 1. The van der Waals surface area contributed by atoms with Crippen LogP contribution >= 0.6 is 0 Å². The number of hydrogen-bond acceptors (Lipinski definition) is 8. The van der Waals surface area contributed by atoms with Gasteiger partial charge < -0.3 is 27.3 Å². The minimum atomic E-state index is -0.0797. The molecule has 0 spiro atoms. The minimum absolute atomic E-state index is 0.0797. The van der Waals surface area contributed by atoms with Crippen molar-refractivity contribution in [3.8, 4) is 5.75 Å². The van der Waals surface area contributed by atoms with Gasteiger partial charge in [-0.15, -0.1) is 0 Å². The van der Waals surface area contributed by atoms with E-state index in [1.54, 1.807) is 12.1 Å². The molecule has 0 amide bonds. The van der Waals surface area contributed by atoms with E-state index in [0.717, 1.165) is 36.2 Å². The summed E-state index contributed by atoms with van der Waals surface area (Å²) in [4.78, 5) is 4.27. The van der Waals surface area contributed by atoms with Crippen LogP contribution in [-0.2, 0) is 18.4 Å². The van der Waals surface area contributed by atoms with Gasteiger partial charge in [0.15, 0.2) is 5.82 Å². The zero-order chi connectivity index (χ0) is 29.2. The molecule has 9 nitrogen and oxygen atoms in total.